The Hall–Kier alpha value is -2.41. The van der Waals surface area contributed by atoms with Gasteiger partial charge in [0.25, 0.3) is 0 Å². The van der Waals surface area contributed by atoms with Gasteiger partial charge in [-0.05, 0) is 68.9 Å². The first-order chi connectivity index (χ1) is 14.2. The molecule has 3 aromatic rings. The molecule has 0 atom stereocenters. The van der Waals surface area contributed by atoms with Gasteiger partial charge in [-0.15, -0.1) is 5.10 Å². The highest BCUT2D eigenvalue weighted by Crippen LogP contribution is 2.30. The number of ether oxygens (including phenoxy) is 1. The first-order valence-corrected chi connectivity index (χ1v) is 11.4. The maximum Gasteiger partial charge on any atom is 0.183 e. The number of anilines is 2. The largest absolute Gasteiger partial charge is 0.494 e. The van der Waals surface area contributed by atoms with Crippen LogP contribution in [0.1, 0.15) is 38.3 Å². The van der Waals surface area contributed by atoms with Crippen LogP contribution in [0.2, 0.25) is 0 Å². The van der Waals surface area contributed by atoms with Crippen molar-refractivity contribution in [3.63, 3.8) is 0 Å². The van der Waals surface area contributed by atoms with E-state index in [-0.39, 0.29) is 0 Å². The summed E-state index contributed by atoms with van der Waals surface area (Å²) in [5.74, 6) is 2.65. The molecular weight excluding hydrogens is 382 g/mol. The molecule has 2 aromatic heterocycles. The number of nitrogens with zero attached hydrogens (tertiary/aromatic N) is 4. The fraction of sp³-hybridized carbons (Fsp3) is 0.500. The summed E-state index contributed by atoms with van der Waals surface area (Å²) < 4.78 is 7.23. The molecule has 1 aliphatic heterocycles. The number of benzene rings is 1. The normalized spacial score (nSPS) is 15.0. The zero-order chi connectivity index (χ0) is 20.1. The van der Waals surface area contributed by atoms with Crippen molar-refractivity contribution in [2.45, 2.75) is 39.5 Å². The molecule has 1 fully saturated rings. The monoisotopic (exact) mass is 411 g/mol. The maximum absolute atomic E-state index is 6.05. The fourth-order valence-corrected chi connectivity index (χ4v) is 4.58. The summed E-state index contributed by atoms with van der Waals surface area (Å²) in [6.45, 7) is 7.94. The summed E-state index contributed by atoms with van der Waals surface area (Å²) in [5.41, 5.74) is 2.00. The number of hydrogen-bond donors (Lipinski definition) is 1. The Labute approximate surface area is 176 Å². The van der Waals surface area contributed by atoms with E-state index in [1.807, 2.05) is 19.1 Å². The molecule has 1 saturated heterocycles. The molecule has 6 nitrogen and oxygen atoms in total. The highest BCUT2D eigenvalue weighted by Gasteiger charge is 2.20. The van der Waals surface area contributed by atoms with E-state index in [9.17, 15) is 0 Å². The van der Waals surface area contributed by atoms with E-state index >= 15 is 0 Å². The van der Waals surface area contributed by atoms with Crippen molar-refractivity contribution in [1.82, 2.24) is 15.2 Å². The van der Waals surface area contributed by atoms with Gasteiger partial charge in [-0.25, -0.2) is 4.98 Å². The van der Waals surface area contributed by atoms with Gasteiger partial charge < -0.3 is 15.0 Å². The van der Waals surface area contributed by atoms with Gasteiger partial charge in [-0.3, -0.25) is 0 Å². The summed E-state index contributed by atoms with van der Waals surface area (Å²) in [6, 6.07) is 10.3. The van der Waals surface area contributed by atoms with E-state index in [0.29, 0.717) is 5.92 Å². The SMILES string of the molecule is CCCNc1nc2ccc(OCCC3CCN(c4ccc(C)nn4)CC3)cc2s1. The zero-order valence-electron chi connectivity index (χ0n) is 17.2. The third kappa shape index (κ3) is 5.15. The van der Waals surface area contributed by atoms with Crippen LogP contribution in [0.25, 0.3) is 10.2 Å². The van der Waals surface area contributed by atoms with Crippen molar-refractivity contribution >= 4 is 32.5 Å². The van der Waals surface area contributed by atoms with Gasteiger partial charge in [0, 0.05) is 19.6 Å². The van der Waals surface area contributed by atoms with Gasteiger partial charge in [0.15, 0.2) is 10.9 Å². The molecule has 4 rings (SSSR count). The molecule has 1 N–H and O–H groups in total. The Bertz CT molecular complexity index is 919. The lowest BCUT2D eigenvalue weighted by atomic mass is 9.94. The van der Waals surface area contributed by atoms with E-state index < -0.39 is 0 Å². The molecular formula is C22H29N5OS. The van der Waals surface area contributed by atoms with Gasteiger partial charge in [0.1, 0.15) is 5.75 Å². The molecule has 7 heteroatoms. The smallest absolute Gasteiger partial charge is 0.183 e. The van der Waals surface area contributed by atoms with Gasteiger partial charge in [0.2, 0.25) is 0 Å². The van der Waals surface area contributed by atoms with Crippen LogP contribution in [0.15, 0.2) is 30.3 Å². The highest BCUT2D eigenvalue weighted by atomic mass is 32.1. The molecule has 0 radical (unpaired) electrons. The van der Waals surface area contributed by atoms with E-state index in [1.54, 1.807) is 11.3 Å². The van der Waals surface area contributed by atoms with Crippen LogP contribution < -0.4 is 15.0 Å². The topological polar surface area (TPSA) is 63.2 Å². The number of piperidine rings is 1. The molecule has 0 unspecified atom stereocenters. The average Bonchev–Trinajstić information content (AvgIpc) is 3.15. The molecule has 154 valence electrons. The van der Waals surface area contributed by atoms with Crippen molar-refractivity contribution in [2.24, 2.45) is 5.92 Å². The zero-order valence-corrected chi connectivity index (χ0v) is 18.0. The van der Waals surface area contributed by atoms with Crippen molar-refractivity contribution in [3.8, 4) is 5.75 Å². The lowest BCUT2D eigenvalue weighted by molar-refractivity contribution is 0.258. The second-order valence-corrected chi connectivity index (χ2v) is 8.71. The van der Waals surface area contributed by atoms with E-state index in [0.717, 1.165) is 67.0 Å². The van der Waals surface area contributed by atoms with Crippen LogP contribution in [-0.4, -0.2) is 41.4 Å². The number of nitrogens with one attached hydrogen (secondary N) is 1. The third-order valence-corrected chi connectivity index (χ3v) is 6.38. The van der Waals surface area contributed by atoms with Crippen LogP contribution in [0.5, 0.6) is 5.75 Å². The van der Waals surface area contributed by atoms with E-state index in [2.05, 4.69) is 50.5 Å². The Morgan fingerprint density at radius 1 is 1.17 bits per heavy atom. The summed E-state index contributed by atoms with van der Waals surface area (Å²) in [7, 11) is 0. The summed E-state index contributed by atoms with van der Waals surface area (Å²) in [4.78, 5) is 6.96. The Kier molecular flexibility index (Phi) is 6.44. The van der Waals surface area contributed by atoms with Crippen molar-refractivity contribution < 1.29 is 4.74 Å². The standard InChI is InChI=1S/C22H29N5OS/c1-3-11-23-22-24-19-6-5-18(15-20(19)29-22)28-14-10-17-8-12-27(13-9-17)21-7-4-16(2)25-26-21/h4-7,15,17H,3,8-14H2,1-2H3,(H,23,24). The van der Waals surface area contributed by atoms with Crippen LogP contribution in [0, 0.1) is 12.8 Å². The van der Waals surface area contributed by atoms with Crippen LogP contribution >= 0.6 is 11.3 Å². The average molecular weight is 412 g/mol. The number of fused-ring (bicyclic) bond motifs is 1. The van der Waals surface area contributed by atoms with Crippen LogP contribution in [0.3, 0.4) is 0 Å². The fourth-order valence-electron chi connectivity index (χ4n) is 3.66. The number of hydrogen-bond acceptors (Lipinski definition) is 7. The quantitative estimate of drug-likeness (QED) is 0.569. The second kappa shape index (κ2) is 9.39. The molecule has 3 heterocycles. The van der Waals surface area contributed by atoms with Gasteiger partial charge in [0.05, 0.1) is 22.5 Å². The molecule has 1 aromatic carbocycles. The van der Waals surface area contributed by atoms with E-state index in [1.165, 1.54) is 17.5 Å². The predicted molar refractivity (Wildman–Crippen MR) is 120 cm³/mol. The number of rotatable bonds is 8. The number of thiazole rings is 1. The number of aryl methyl sites for hydroxylation is 1. The van der Waals surface area contributed by atoms with Crippen molar-refractivity contribution in [3.05, 3.63) is 36.0 Å². The first-order valence-electron chi connectivity index (χ1n) is 10.5. The molecule has 0 saturated carbocycles. The Morgan fingerprint density at radius 3 is 2.79 bits per heavy atom. The lowest BCUT2D eigenvalue weighted by Crippen LogP contribution is -2.34. The van der Waals surface area contributed by atoms with Crippen molar-refractivity contribution in [1.29, 1.82) is 0 Å². The van der Waals surface area contributed by atoms with Gasteiger partial charge >= 0.3 is 0 Å². The van der Waals surface area contributed by atoms with E-state index in [4.69, 9.17) is 4.74 Å². The Balaban J connectivity index is 1.23. The second-order valence-electron chi connectivity index (χ2n) is 7.68. The predicted octanol–water partition coefficient (Wildman–Crippen LogP) is 4.90. The summed E-state index contributed by atoms with van der Waals surface area (Å²) >= 11 is 1.69. The molecule has 29 heavy (non-hydrogen) atoms. The molecule has 0 aliphatic carbocycles. The molecule has 0 spiro atoms. The van der Waals surface area contributed by atoms with Gasteiger partial charge in [-0.1, -0.05) is 18.3 Å². The maximum atomic E-state index is 6.05. The van der Waals surface area contributed by atoms with Crippen LogP contribution in [-0.2, 0) is 0 Å². The molecule has 0 bridgehead atoms. The first kappa shape index (κ1) is 19.9. The molecule has 0 amide bonds. The Morgan fingerprint density at radius 2 is 2.03 bits per heavy atom. The number of aromatic nitrogens is 3. The van der Waals surface area contributed by atoms with Gasteiger partial charge in [-0.2, -0.15) is 5.10 Å². The highest BCUT2D eigenvalue weighted by molar-refractivity contribution is 7.22. The molecule has 1 aliphatic rings. The third-order valence-electron chi connectivity index (χ3n) is 5.40. The van der Waals surface area contributed by atoms with Crippen LogP contribution in [0.4, 0.5) is 10.9 Å². The summed E-state index contributed by atoms with van der Waals surface area (Å²) in [6.07, 6.45) is 4.55. The minimum absolute atomic E-state index is 0.710. The minimum atomic E-state index is 0.710. The minimum Gasteiger partial charge on any atom is -0.494 e. The summed E-state index contributed by atoms with van der Waals surface area (Å²) in [5, 5.41) is 12.8. The van der Waals surface area contributed by atoms with Crippen molar-refractivity contribution in [2.75, 3.05) is 36.5 Å². The lowest BCUT2D eigenvalue weighted by Gasteiger charge is -2.32.